The van der Waals surface area contributed by atoms with Crippen molar-refractivity contribution in [2.45, 2.75) is 40.2 Å². The predicted molar refractivity (Wildman–Crippen MR) is 109 cm³/mol. The fraction of sp³-hybridized carbons (Fsp3) is 0.318. The maximum atomic E-state index is 12.5. The molecule has 136 valence electrons. The first kappa shape index (κ1) is 18.5. The molecule has 26 heavy (non-hydrogen) atoms. The van der Waals surface area contributed by atoms with Crippen LogP contribution in [0.25, 0.3) is 10.9 Å². The molecule has 0 spiro atoms. The zero-order valence-electron chi connectivity index (χ0n) is 15.5. The summed E-state index contributed by atoms with van der Waals surface area (Å²) >= 11 is 5.87. The minimum Gasteiger partial charge on any atom is -0.494 e. The largest absolute Gasteiger partial charge is 0.494 e. The monoisotopic (exact) mass is 369 g/mol. The standard InChI is InChI=1S/C22H24ClNO2/c1-15-12-17(3)22-20(13-15)16(2)14-21(25)24(22)10-4-5-11-26-19-8-6-18(23)7-9-19/h6-9,12-14H,4-5,10-11H2,1-3H3. The SMILES string of the molecule is Cc1cc(C)c2c(c1)c(C)cc(=O)n2CCCCOc1ccc(Cl)cc1. The topological polar surface area (TPSA) is 31.2 Å². The third-order valence-electron chi connectivity index (χ3n) is 4.60. The van der Waals surface area contributed by atoms with Crippen molar-refractivity contribution in [1.29, 1.82) is 0 Å². The highest BCUT2D eigenvalue weighted by Gasteiger charge is 2.09. The highest BCUT2D eigenvalue weighted by atomic mass is 35.5. The van der Waals surface area contributed by atoms with Gasteiger partial charge in [-0.25, -0.2) is 0 Å². The molecule has 0 bridgehead atoms. The Morgan fingerprint density at radius 1 is 0.962 bits per heavy atom. The maximum Gasteiger partial charge on any atom is 0.251 e. The normalized spacial score (nSPS) is 11.1. The van der Waals surface area contributed by atoms with Crippen molar-refractivity contribution in [3.63, 3.8) is 0 Å². The van der Waals surface area contributed by atoms with Gasteiger partial charge in [-0.2, -0.15) is 0 Å². The van der Waals surface area contributed by atoms with Gasteiger partial charge in [0, 0.05) is 23.0 Å². The first-order valence-corrected chi connectivity index (χ1v) is 9.33. The number of rotatable bonds is 6. The third-order valence-corrected chi connectivity index (χ3v) is 4.86. The number of halogens is 1. The van der Waals surface area contributed by atoms with Gasteiger partial charge in [-0.3, -0.25) is 4.79 Å². The van der Waals surface area contributed by atoms with Crippen molar-refractivity contribution in [3.05, 3.63) is 74.5 Å². The molecule has 0 saturated heterocycles. The van der Waals surface area contributed by atoms with Crippen LogP contribution in [0.5, 0.6) is 5.75 Å². The molecule has 4 heteroatoms. The molecule has 0 fully saturated rings. The molecule has 0 radical (unpaired) electrons. The lowest BCUT2D eigenvalue weighted by atomic mass is 10.0. The molecule has 0 aliphatic carbocycles. The van der Waals surface area contributed by atoms with Gasteiger partial charge >= 0.3 is 0 Å². The average molecular weight is 370 g/mol. The number of hydrogen-bond donors (Lipinski definition) is 0. The van der Waals surface area contributed by atoms with E-state index in [4.69, 9.17) is 16.3 Å². The molecule has 0 saturated carbocycles. The number of pyridine rings is 1. The Balaban J connectivity index is 1.69. The van der Waals surface area contributed by atoms with E-state index in [1.807, 2.05) is 35.8 Å². The van der Waals surface area contributed by atoms with E-state index in [2.05, 4.69) is 26.0 Å². The highest BCUT2D eigenvalue weighted by Crippen LogP contribution is 2.22. The molecule has 0 amide bonds. The minimum atomic E-state index is 0.0700. The minimum absolute atomic E-state index is 0.0700. The average Bonchev–Trinajstić information content (AvgIpc) is 2.59. The Labute approximate surface area is 159 Å². The van der Waals surface area contributed by atoms with Crippen molar-refractivity contribution >= 4 is 22.5 Å². The number of nitrogens with zero attached hydrogens (tertiary/aromatic N) is 1. The van der Waals surface area contributed by atoms with Gasteiger partial charge < -0.3 is 9.30 Å². The Morgan fingerprint density at radius 3 is 2.42 bits per heavy atom. The molecule has 0 aliphatic rings. The second kappa shape index (κ2) is 7.96. The molecule has 3 aromatic rings. The number of unbranched alkanes of at least 4 members (excludes halogenated alkanes) is 1. The first-order valence-electron chi connectivity index (χ1n) is 8.95. The second-order valence-corrected chi connectivity index (χ2v) is 7.24. The van der Waals surface area contributed by atoms with Crippen LogP contribution in [0.2, 0.25) is 5.02 Å². The Bertz CT molecular complexity index is 974. The van der Waals surface area contributed by atoms with E-state index in [0.29, 0.717) is 18.2 Å². The summed E-state index contributed by atoms with van der Waals surface area (Å²) in [7, 11) is 0. The Kier molecular flexibility index (Phi) is 5.67. The number of aromatic nitrogens is 1. The lowest BCUT2D eigenvalue weighted by Crippen LogP contribution is -2.21. The van der Waals surface area contributed by atoms with E-state index in [1.165, 1.54) is 10.9 Å². The molecular formula is C22H24ClNO2. The van der Waals surface area contributed by atoms with Crippen molar-refractivity contribution < 1.29 is 4.74 Å². The summed E-state index contributed by atoms with van der Waals surface area (Å²) < 4.78 is 7.63. The van der Waals surface area contributed by atoms with E-state index >= 15 is 0 Å². The smallest absolute Gasteiger partial charge is 0.251 e. The summed E-state index contributed by atoms with van der Waals surface area (Å²) in [5.41, 5.74) is 4.54. The summed E-state index contributed by atoms with van der Waals surface area (Å²) in [6.45, 7) is 7.50. The van der Waals surface area contributed by atoms with Crippen LogP contribution in [-0.2, 0) is 6.54 Å². The molecule has 0 atom stereocenters. The van der Waals surface area contributed by atoms with Crippen LogP contribution >= 0.6 is 11.6 Å². The van der Waals surface area contributed by atoms with Crippen molar-refractivity contribution in [2.24, 2.45) is 0 Å². The van der Waals surface area contributed by atoms with Crippen LogP contribution in [-0.4, -0.2) is 11.2 Å². The van der Waals surface area contributed by atoms with E-state index in [1.54, 1.807) is 6.07 Å². The zero-order chi connectivity index (χ0) is 18.7. The van der Waals surface area contributed by atoms with Gasteiger partial charge in [-0.1, -0.05) is 23.2 Å². The quantitative estimate of drug-likeness (QED) is 0.542. The molecule has 3 nitrogen and oxygen atoms in total. The summed E-state index contributed by atoms with van der Waals surface area (Å²) in [5.74, 6) is 0.818. The fourth-order valence-corrected chi connectivity index (χ4v) is 3.51. The summed E-state index contributed by atoms with van der Waals surface area (Å²) in [6.07, 6.45) is 1.77. The molecule has 0 N–H and O–H groups in total. The predicted octanol–water partition coefficient (Wildman–Crippen LogP) is 5.44. The molecule has 0 unspecified atom stereocenters. The molecular weight excluding hydrogens is 346 g/mol. The number of aryl methyl sites for hydroxylation is 4. The van der Waals surface area contributed by atoms with Crippen molar-refractivity contribution in [2.75, 3.05) is 6.61 Å². The van der Waals surface area contributed by atoms with Crippen LogP contribution in [0.4, 0.5) is 0 Å². The maximum absolute atomic E-state index is 12.5. The van der Waals surface area contributed by atoms with Crippen LogP contribution in [0.15, 0.2) is 47.3 Å². The van der Waals surface area contributed by atoms with Gasteiger partial charge in [0.25, 0.3) is 5.56 Å². The number of ether oxygens (including phenoxy) is 1. The van der Waals surface area contributed by atoms with Crippen LogP contribution in [0.3, 0.4) is 0 Å². The third kappa shape index (κ3) is 4.10. The van der Waals surface area contributed by atoms with Crippen LogP contribution in [0.1, 0.15) is 29.5 Å². The van der Waals surface area contributed by atoms with E-state index in [0.717, 1.165) is 35.2 Å². The van der Waals surface area contributed by atoms with Crippen LogP contribution < -0.4 is 10.3 Å². The first-order chi connectivity index (χ1) is 12.5. The Hall–Kier alpha value is -2.26. The zero-order valence-corrected chi connectivity index (χ0v) is 16.3. The fourth-order valence-electron chi connectivity index (χ4n) is 3.38. The van der Waals surface area contributed by atoms with Gasteiger partial charge in [-0.15, -0.1) is 0 Å². The lowest BCUT2D eigenvalue weighted by Gasteiger charge is -2.15. The van der Waals surface area contributed by atoms with E-state index < -0.39 is 0 Å². The van der Waals surface area contributed by atoms with E-state index in [9.17, 15) is 4.79 Å². The Morgan fingerprint density at radius 2 is 1.69 bits per heavy atom. The molecule has 0 aliphatic heterocycles. The number of benzene rings is 2. The van der Waals surface area contributed by atoms with Gasteiger partial charge in [-0.05, 0) is 75.1 Å². The van der Waals surface area contributed by atoms with E-state index in [-0.39, 0.29) is 5.56 Å². The molecule has 1 aromatic heterocycles. The molecule has 1 heterocycles. The van der Waals surface area contributed by atoms with Crippen molar-refractivity contribution in [3.8, 4) is 5.75 Å². The van der Waals surface area contributed by atoms with Gasteiger partial charge in [0.15, 0.2) is 0 Å². The lowest BCUT2D eigenvalue weighted by molar-refractivity contribution is 0.303. The molecule has 3 rings (SSSR count). The van der Waals surface area contributed by atoms with Gasteiger partial charge in [0.05, 0.1) is 12.1 Å². The summed E-state index contributed by atoms with van der Waals surface area (Å²) in [6, 6.07) is 13.4. The second-order valence-electron chi connectivity index (χ2n) is 6.80. The highest BCUT2D eigenvalue weighted by molar-refractivity contribution is 6.30. The van der Waals surface area contributed by atoms with Gasteiger partial charge in [0.2, 0.25) is 0 Å². The molecule has 2 aromatic carbocycles. The summed E-state index contributed by atoms with van der Waals surface area (Å²) in [5, 5.41) is 1.87. The van der Waals surface area contributed by atoms with Gasteiger partial charge in [0.1, 0.15) is 5.75 Å². The van der Waals surface area contributed by atoms with Crippen LogP contribution in [0, 0.1) is 20.8 Å². The van der Waals surface area contributed by atoms with Crippen molar-refractivity contribution in [1.82, 2.24) is 4.57 Å². The summed E-state index contributed by atoms with van der Waals surface area (Å²) in [4.78, 5) is 12.5. The number of fused-ring (bicyclic) bond motifs is 1. The number of hydrogen-bond acceptors (Lipinski definition) is 2.